The Labute approximate surface area is 81.7 Å². The topological polar surface area (TPSA) is 83.8 Å². The molecule has 0 atom stereocenters. The van der Waals surface area contributed by atoms with Crippen LogP contribution in [-0.4, -0.2) is 22.1 Å². The molecule has 0 bridgehead atoms. The fourth-order valence-electron chi connectivity index (χ4n) is 1.68. The summed E-state index contributed by atoms with van der Waals surface area (Å²) in [4.78, 5) is 17.9. The van der Waals surface area contributed by atoms with E-state index in [9.17, 15) is 4.79 Å². The Balaban J connectivity index is 2.18. The van der Waals surface area contributed by atoms with Gasteiger partial charge in [-0.3, -0.25) is 4.79 Å². The van der Waals surface area contributed by atoms with Gasteiger partial charge in [-0.2, -0.15) is 0 Å². The zero-order valence-corrected chi connectivity index (χ0v) is 7.92. The number of hydrogen-bond donors (Lipinski definition) is 3. The Morgan fingerprint density at radius 3 is 2.93 bits per heavy atom. The van der Waals surface area contributed by atoms with Crippen LogP contribution >= 0.6 is 0 Å². The van der Waals surface area contributed by atoms with E-state index in [-0.39, 0.29) is 11.1 Å². The maximum atomic E-state index is 11.3. The lowest BCUT2D eigenvalue weighted by Gasteiger charge is -2.41. The van der Waals surface area contributed by atoms with Gasteiger partial charge in [-0.05, 0) is 19.3 Å². The lowest BCUT2D eigenvalue weighted by molar-refractivity contribution is 0.286. The molecule has 2 rings (SSSR count). The van der Waals surface area contributed by atoms with Crippen molar-refractivity contribution < 1.29 is 0 Å². The van der Waals surface area contributed by atoms with Gasteiger partial charge in [0.25, 0.3) is 5.56 Å². The van der Waals surface area contributed by atoms with Crippen molar-refractivity contribution in [1.82, 2.24) is 9.97 Å². The first-order chi connectivity index (χ1) is 6.76. The molecule has 1 aromatic rings. The van der Waals surface area contributed by atoms with Crippen LogP contribution in [-0.2, 0) is 0 Å². The minimum atomic E-state index is -0.188. The Hall–Kier alpha value is -1.36. The summed E-state index contributed by atoms with van der Waals surface area (Å²) in [7, 11) is 0. The number of hydrogen-bond acceptors (Lipinski definition) is 4. The number of nitrogens with two attached hydrogens (primary N) is 1. The summed E-state index contributed by atoms with van der Waals surface area (Å²) in [6.07, 6.45) is 6.27. The third kappa shape index (κ3) is 1.50. The van der Waals surface area contributed by atoms with Crippen LogP contribution in [0.25, 0.3) is 0 Å². The molecule has 1 fully saturated rings. The largest absolute Gasteiger partial charge is 0.359 e. The van der Waals surface area contributed by atoms with Gasteiger partial charge in [0.05, 0.1) is 5.54 Å². The molecule has 5 nitrogen and oxygen atoms in total. The SMILES string of the molecule is NCC1(Nc2ncc[nH]c2=O)CCC1. The molecule has 1 aliphatic carbocycles. The normalized spacial score (nSPS) is 18.6. The van der Waals surface area contributed by atoms with Crippen LogP contribution in [0.4, 0.5) is 5.82 Å². The minimum absolute atomic E-state index is 0.0959. The van der Waals surface area contributed by atoms with E-state index < -0.39 is 0 Å². The molecule has 4 N–H and O–H groups in total. The monoisotopic (exact) mass is 194 g/mol. The van der Waals surface area contributed by atoms with E-state index in [2.05, 4.69) is 15.3 Å². The lowest BCUT2D eigenvalue weighted by atomic mass is 9.77. The molecule has 76 valence electrons. The standard InChI is InChI=1S/C9H14N4O/c10-6-9(2-1-3-9)13-7-8(14)12-5-4-11-7/h4-5H,1-3,6,10H2,(H,11,13)(H,12,14). The van der Waals surface area contributed by atoms with Gasteiger partial charge in [-0.1, -0.05) is 0 Å². The summed E-state index contributed by atoms with van der Waals surface area (Å²) in [5.41, 5.74) is 5.38. The molecule has 0 spiro atoms. The smallest absolute Gasteiger partial charge is 0.290 e. The first-order valence-electron chi connectivity index (χ1n) is 4.78. The zero-order chi connectivity index (χ0) is 10.0. The second-order valence-electron chi connectivity index (χ2n) is 3.73. The highest BCUT2D eigenvalue weighted by molar-refractivity contribution is 5.36. The Morgan fingerprint density at radius 1 is 1.64 bits per heavy atom. The fourth-order valence-corrected chi connectivity index (χ4v) is 1.68. The molecule has 0 amide bonds. The minimum Gasteiger partial charge on any atom is -0.359 e. The van der Waals surface area contributed by atoms with Gasteiger partial charge < -0.3 is 16.0 Å². The Kier molecular flexibility index (Phi) is 2.25. The first-order valence-corrected chi connectivity index (χ1v) is 4.78. The van der Waals surface area contributed by atoms with E-state index in [0.29, 0.717) is 12.4 Å². The number of aromatic amines is 1. The van der Waals surface area contributed by atoms with E-state index in [1.807, 2.05) is 0 Å². The molecule has 0 aromatic carbocycles. The van der Waals surface area contributed by atoms with Gasteiger partial charge in [0.1, 0.15) is 0 Å². The van der Waals surface area contributed by atoms with Crippen molar-refractivity contribution in [1.29, 1.82) is 0 Å². The third-order valence-corrected chi connectivity index (χ3v) is 2.79. The lowest BCUT2D eigenvalue weighted by Crippen LogP contribution is -2.52. The van der Waals surface area contributed by atoms with Crippen LogP contribution in [0.2, 0.25) is 0 Å². The average Bonchev–Trinajstić information content (AvgIpc) is 2.14. The highest BCUT2D eigenvalue weighted by Gasteiger charge is 2.36. The van der Waals surface area contributed by atoms with Crippen LogP contribution in [0.5, 0.6) is 0 Å². The number of aromatic nitrogens is 2. The molecule has 1 aliphatic rings. The van der Waals surface area contributed by atoms with Crippen molar-refractivity contribution in [3.63, 3.8) is 0 Å². The van der Waals surface area contributed by atoms with Gasteiger partial charge in [0, 0.05) is 18.9 Å². The average molecular weight is 194 g/mol. The van der Waals surface area contributed by atoms with Crippen molar-refractivity contribution in [3.05, 3.63) is 22.7 Å². The zero-order valence-electron chi connectivity index (χ0n) is 7.92. The molecule has 0 saturated heterocycles. The van der Waals surface area contributed by atoms with E-state index in [0.717, 1.165) is 19.3 Å². The van der Waals surface area contributed by atoms with Crippen LogP contribution in [0.15, 0.2) is 17.2 Å². The molecule has 1 saturated carbocycles. The predicted molar refractivity (Wildman–Crippen MR) is 54.1 cm³/mol. The number of nitrogens with zero attached hydrogens (tertiary/aromatic N) is 1. The summed E-state index contributed by atoms with van der Waals surface area (Å²) in [6, 6.07) is 0. The molecule has 1 heterocycles. The molecular formula is C9H14N4O. The van der Waals surface area contributed by atoms with Crippen LogP contribution in [0.1, 0.15) is 19.3 Å². The molecule has 5 heteroatoms. The van der Waals surface area contributed by atoms with Gasteiger partial charge in [0.15, 0.2) is 5.82 Å². The van der Waals surface area contributed by atoms with Crippen molar-refractivity contribution >= 4 is 5.82 Å². The number of nitrogens with one attached hydrogen (secondary N) is 2. The highest BCUT2D eigenvalue weighted by Crippen LogP contribution is 2.32. The molecule has 14 heavy (non-hydrogen) atoms. The number of H-pyrrole nitrogens is 1. The van der Waals surface area contributed by atoms with E-state index in [4.69, 9.17) is 5.73 Å². The molecule has 0 radical (unpaired) electrons. The van der Waals surface area contributed by atoms with E-state index in [1.165, 1.54) is 6.20 Å². The third-order valence-electron chi connectivity index (χ3n) is 2.79. The van der Waals surface area contributed by atoms with E-state index in [1.54, 1.807) is 6.20 Å². The van der Waals surface area contributed by atoms with Crippen LogP contribution < -0.4 is 16.6 Å². The fraction of sp³-hybridized carbons (Fsp3) is 0.556. The van der Waals surface area contributed by atoms with E-state index >= 15 is 0 Å². The molecule has 1 aromatic heterocycles. The summed E-state index contributed by atoms with van der Waals surface area (Å²) >= 11 is 0. The quantitative estimate of drug-likeness (QED) is 0.635. The molecule has 0 aliphatic heterocycles. The first kappa shape index (κ1) is 9.21. The van der Waals surface area contributed by atoms with Crippen LogP contribution in [0.3, 0.4) is 0 Å². The Bertz CT molecular complexity index is 364. The summed E-state index contributed by atoms with van der Waals surface area (Å²) in [5, 5.41) is 3.13. The van der Waals surface area contributed by atoms with Crippen molar-refractivity contribution in [2.75, 3.05) is 11.9 Å². The maximum Gasteiger partial charge on any atom is 0.290 e. The molecular weight excluding hydrogens is 180 g/mol. The van der Waals surface area contributed by atoms with Gasteiger partial charge in [-0.15, -0.1) is 0 Å². The second-order valence-corrected chi connectivity index (χ2v) is 3.73. The second kappa shape index (κ2) is 3.42. The number of anilines is 1. The molecule has 0 unspecified atom stereocenters. The number of rotatable bonds is 3. The highest BCUT2D eigenvalue weighted by atomic mass is 16.1. The maximum absolute atomic E-state index is 11.3. The van der Waals surface area contributed by atoms with Crippen molar-refractivity contribution in [3.8, 4) is 0 Å². The van der Waals surface area contributed by atoms with Crippen LogP contribution in [0, 0.1) is 0 Å². The van der Waals surface area contributed by atoms with Gasteiger partial charge >= 0.3 is 0 Å². The van der Waals surface area contributed by atoms with Crippen molar-refractivity contribution in [2.24, 2.45) is 5.73 Å². The van der Waals surface area contributed by atoms with Gasteiger partial charge in [0.2, 0.25) is 0 Å². The van der Waals surface area contributed by atoms with Gasteiger partial charge in [-0.25, -0.2) is 4.98 Å². The summed E-state index contributed by atoms with van der Waals surface area (Å²) < 4.78 is 0. The predicted octanol–water partition coefficient (Wildman–Crippen LogP) is 0.0632. The Morgan fingerprint density at radius 2 is 2.43 bits per heavy atom. The summed E-state index contributed by atoms with van der Waals surface area (Å²) in [5.74, 6) is 0.373. The summed E-state index contributed by atoms with van der Waals surface area (Å²) in [6.45, 7) is 0.545. The van der Waals surface area contributed by atoms with Crippen molar-refractivity contribution in [2.45, 2.75) is 24.8 Å².